The molecule has 3 aromatic heterocycles. The summed E-state index contributed by atoms with van der Waals surface area (Å²) >= 11 is 6.57. The van der Waals surface area contributed by atoms with Crippen molar-refractivity contribution in [2.45, 2.75) is 0 Å². The van der Waals surface area contributed by atoms with Gasteiger partial charge in [0.2, 0.25) is 0 Å². The molecule has 0 aliphatic rings. The molecule has 7 heteroatoms. The third-order valence-electron chi connectivity index (χ3n) is 5.64. The highest BCUT2D eigenvalue weighted by molar-refractivity contribution is 6.32. The second-order valence-corrected chi connectivity index (χ2v) is 8.39. The van der Waals surface area contributed by atoms with E-state index in [0.29, 0.717) is 10.8 Å². The third kappa shape index (κ3) is 4.35. The van der Waals surface area contributed by atoms with E-state index >= 15 is 0 Å². The summed E-state index contributed by atoms with van der Waals surface area (Å²) in [5, 5.41) is 14.1. The van der Waals surface area contributed by atoms with Gasteiger partial charge in [-0.05, 0) is 41.5 Å². The first-order valence-electron chi connectivity index (χ1n) is 11.1. The number of halogens is 1. The number of benzene rings is 3. The van der Waals surface area contributed by atoms with Crippen LogP contribution >= 0.6 is 11.6 Å². The lowest BCUT2D eigenvalue weighted by Crippen LogP contribution is -1.97. The summed E-state index contributed by atoms with van der Waals surface area (Å²) in [5.74, 6) is 0.647. The number of fused-ring (bicyclic) bond motifs is 1. The smallest absolute Gasteiger partial charge is 0.182 e. The van der Waals surface area contributed by atoms with Crippen LogP contribution in [0.15, 0.2) is 103 Å². The van der Waals surface area contributed by atoms with E-state index in [0.717, 1.165) is 39.3 Å². The molecule has 0 bridgehead atoms. The molecule has 0 saturated heterocycles. The molecule has 6 rings (SSSR count). The maximum absolute atomic E-state index is 6.57. The lowest BCUT2D eigenvalue weighted by Gasteiger charge is -2.02. The van der Waals surface area contributed by atoms with Crippen molar-refractivity contribution in [2.75, 3.05) is 0 Å². The molecule has 0 amide bonds. The largest absolute Gasteiger partial charge is 0.221 e. The topological polar surface area (TPSA) is 60.9 Å². The normalized spacial score (nSPS) is 11.5. The number of pyridine rings is 1. The first-order valence-corrected chi connectivity index (χ1v) is 11.5. The predicted octanol–water partition coefficient (Wildman–Crippen LogP) is 6.47. The van der Waals surface area contributed by atoms with E-state index in [-0.39, 0.29) is 0 Å². The fourth-order valence-corrected chi connectivity index (χ4v) is 4.03. The Morgan fingerprint density at radius 2 is 1.54 bits per heavy atom. The average Bonchev–Trinajstić information content (AvgIpc) is 3.57. The van der Waals surface area contributed by atoms with Crippen LogP contribution < -0.4 is 0 Å². The van der Waals surface area contributed by atoms with Gasteiger partial charge in [-0.3, -0.25) is 0 Å². The quantitative estimate of drug-likeness (QED) is 0.269. The SMILES string of the molecule is Clc1cc(-c2nc3ccccn3n2)ccc1C=Cc1ccc(-c2cnn(-c3ccccc3)n2)cc1. The number of hydrogen-bond donors (Lipinski definition) is 0. The zero-order valence-electron chi connectivity index (χ0n) is 18.5. The molecular formula is C28H19ClN6. The van der Waals surface area contributed by atoms with E-state index in [1.807, 2.05) is 97.2 Å². The van der Waals surface area contributed by atoms with Gasteiger partial charge in [0.05, 0.1) is 11.9 Å². The van der Waals surface area contributed by atoms with Gasteiger partial charge in [0.25, 0.3) is 0 Å². The summed E-state index contributed by atoms with van der Waals surface area (Å²) in [5.41, 5.74) is 6.42. The Labute approximate surface area is 206 Å². The molecule has 3 aromatic carbocycles. The summed E-state index contributed by atoms with van der Waals surface area (Å²) in [6, 6.07) is 29.7. The Kier molecular flexibility index (Phi) is 5.41. The molecule has 0 saturated carbocycles. The molecule has 3 heterocycles. The lowest BCUT2D eigenvalue weighted by molar-refractivity contribution is 0.754. The maximum Gasteiger partial charge on any atom is 0.182 e. The van der Waals surface area contributed by atoms with Gasteiger partial charge in [-0.2, -0.15) is 9.90 Å². The lowest BCUT2D eigenvalue weighted by atomic mass is 10.1. The number of para-hydroxylation sites is 1. The Hall–Kier alpha value is -4.55. The highest BCUT2D eigenvalue weighted by Gasteiger charge is 2.08. The molecule has 35 heavy (non-hydrogen) atoms. The molecular weight excluding hydrogens is 456 g/mol. The second kappa shape index (κ2) is 9.00. The minimum Gasteiger partial charge on any atom is -0.221 e. The van der Waals surface area contributed by atoms with E-state index in [2.05, 4.69) is 32.4 Å². The highest BCUT2D eigenvalue weighted by Crippen LogP contribution is 2.26. The first kappa shape index (κ1) is 21.0. The van der Waals surface area contributed by atoms with E-state index in [1.54, 1.807) is 15.5 Å². The molecule has 0 atom stereocenters. The van der Waals surface area contributed by atoms with Crippen LogP contribution in [0.5, 0.6) is 0 Å². The van der Waals surface area contributed by atoms with Crippen LogP contribution in [0.2, 0.25) is 5.02 Å². The number of hydrogen-bond acceptors (Lipinski definition) is 4. The zero-order chi connectivity index (χ0) is 23.6. The van der Waals surface area contributed by atoms with Gasteiger partial charge in [0, 0.05) is 22.3 Å². The van der Waals surface area contributed by atoms with Crippen LogP contribution in [0.25, 0.3) is 46.1 Å². The molecule has 0 spiro atoms. The average molecular weight is 475 g/mol. The van der Waals surface area contributed by atoms with Gasteiger partial charge >= 0.3 is 0 Å². The Bertz CT molecular complexity index is 1620. The number of aromatic nitrogens is 6. The molecule has 6 aromatic rings. The second-order valence-electron chi connectivity index (χ2n) is 7.99. The zero-order valence-corrected chi connectivity index (χ0v) is 19.3. The van der Waals surface area contributed by atoms with Crippen molar-refractivity contribution in [1.82, 2.24) is 29.6 Å². The standard InChI is InChI=1S/C28H19ClN6/c29-25-18-23(28-31-27-8-4-5-17-34(27)33-28)16-15-21(25)12-9-20-10-13-22(14-11-20)26-19-30-35(32-26)24-6-2-1-3-7-24/h1-19H. The summed E-state index contributed by atoms with van der Waals surface area (Å²) in [7, 11) is 0. The van der Waals surface area contributed by atoms with Gasteiger partial charge in [0.1, 0.15) is 5.69 Å². The van der Waals surface area contributed by atoms with Crippen LogP contribution in [0.1, 0.15) is 11.1 Å². The highest BCUT2D eigenvalue weighted by atomic mass is 35.5. The fourth-order valence-electron chi connectivity index (χ4n) is 3.79. The first-order chi connectivity index (χ1) is 17.2. The number of nitrogens with zero attached hydrogens (tertiary/aromatic N) is 6. The van der Waals surface area contributed by atoms with Crippen molar-refractivity contribution in [1.29, 1.82) is 0 Å². The summed E-state index contributed by atoms with van der Waals surface area (Å²) in [6.45, 7) is 0. The van der Waals surface area contributed by atoms with Crippen molar-refractivity contribution in [2.24, 2.45) is 0 Å². The summed E-state index contributed by atoms with van der Waals surface area (Å²) < 4.78 is 1.75. The van der Waals surface area contributed by atoms with Crippen molar-refractivity contribution in [3.63, 3.8) is 0 Å². The predicted molar refractivity (Wildman–Crippen MR) is 139 cm³/mol. The van der Waals surface area contributed by atoms with Crippen molar-refractivity contribution < 1.29 is 0 Å². The molecule has 0 aliphatic heterocycles. The van der Waals surface area contributed by atoms with E-state index < -0.39 is 0 Å². The van der Waals surface area contributed by atoms with E-state index in [1.165, 1.54) is 0 Å². The molecule has 0 unspecified atom stereocenters. The van der Waals surface area contributed by atoms with Crippen LogP contribution in [0.3, 0.4) is 0 Å². The Morgan fingerprint density at radius 3 is 2.34 bits per heavy atom. The maximum atomic E-state index is 6.57. The van der Waals surface area contributed by atoms with E-state index in [9.17, 15) is 0 Å². The van der Waals surface area contributed by atoms with E-state index in [4.69, 9.17) is 11.6 Å². The van der Waals surface area contributed by atoms with Crippen molar-refractivity contribution in [3.8, 4) is 28.3 Å². The molecule has 168 valence electrons. The third-order valence-corrected chi connectivity index (χ3v) is 5.97. The summed E-state index contributed by atoms with van der Waals surface area (Å²) in [6.07, 6.45) is 7.69. The van der Waals surface area contributed by atoms with Crippen LogP contribution in [0.4, 0.5) is 0 Å². The van der Waals surface area contributed by atoms with Crippen LogP contribution in [0, 0.1) is 0 Å². The van der Waals surface area contributed by atoms with Gasteiger partial charge in [-0.1, -0.05) is 84.4 Å². The molecule has 0 N–H and O–H groups in total. The van der Waals surface area contributed by atoms with Gasteiger partial charge in [0.15, 0.2) is 11.5 Å². The fraction of sp³-hybridized carbons (Fsp3) is 0. The molecule has 0 radical (unpaired) electrons. The minimum atomic E-state index is 0.645. The Balaban J connectivity index is 1.18. The van der Waals surface area contributed by atoms with Gasteiger partial charge < -0.3 is 0 Å². The minimum absolute atomic E-state index is 0.645. The van der Waals surface area contributed by atoms with Crippen molar-refractivity contribution in [3.05, 3.63) is 120 Å². The summed E-state index contributed by atoms with van der Waals surface area (Å²) in [4.78, 5) is 6.20. The molecule has 6 nitrogen and oxygen atoms in total. The number of rotatable bonds is 5. The van der Waals surface area contributed by atoms with Crippen molar-refractivity contribution >= 4 is 29.4 Å². The molecule has 0 aliphatic carbocycles. The monoisotopic (exact) mass is 474 g/mol. The Morgan fingerprint density at radius 1 is 0.743 bits per heavy atom. The van der Waals surface area contributed by atoms with Crippen LogP contribution in [-0.2, 0) is 0 Å². The molecule has 0 fully saturated rings. The van der Waals surface area contributed by atoms with Gasteiger partial charge in [-0.15, -0.1) is 10.2 Å². The van der Waals surface area contributed by atoms with Crippen LogP contribution in [-0.4, -0.2) is 29.6 Å². The van der Waals surface area contributed by atoms with Gasteiger partial charge in [-0.25, -0.2) is 9.50 Å².